The van der Waals surface area contributed by atoms with Crippen LogP contribution in [-0.4, -0.2) is 43.4 Å². The summed E-state index contributed by atoms with van der Waals surface area (Å²) in [7, 11) is -5.01. The van der Waals surface area contributed by atoms with Crippen LogP contribution in [0.5, 0.6) is 0 Å². The molecule has 7 nitrogen and oxygen atoms in total. The average Bonchev–Trinajstić information content (AvgIpc) is 2.62. The smallest absolute Gasteiger partial charge is 0.747 e. The molecule has 29 heavy (non-hydrogen) atoms. The molecule has 9 heteroatoms. The fourth-order valence-corrected chi connectivity index (χ4v) is 3.36. The molecule has 0 aromatic heterocycles. The Morgan fingerprint density at radius 2 is 1.31 bits per heavy atom. The molecular weight excluding hydrogens is 407 g/mol. The van der Waals surface area contributed by atoms with E-state index in [0.29, 0.717) is 0 Å². The van der Waals surface area contributed by atoms with Crippen molar-refractivity contribution in [2.45, 2.75) is 90.7 Å². The average molecular weight is 445 g/mol. The number of hydrogen-bond acceptors (Lipinski definition) is 7. The third-order valence-electron chi connectivity index (χ3n) is 4.60. The van der Waals surface area contributed by atoms with E-state index in [4.69, 9.17) is 9.47 Å². The molecule has 0 rings (SSSR count). The second kappa shape index (κ2) is 17.5. The van der Waals surface area contributed by atoms with Crippen LogP contribution < -0.4 is 29.6 Å². The van der Waals surface area contributed by atoms with E-state index in [2.05, 4.69) is 13.8 Å². The van der Waals surface area contributed by atoms with Crippen LogP contribution >= 0.6 is 0 Å². The molecule has 0 aromatic rings. The monoisotopic (exact) mass is 444 g/mol. The number of ether oxygens (including phenoxy) is 2. The standard InChI is InChI=1S/C20H38O7S.Na/c1-5-7-9-11-16(3)14-26-19(21)13-18(28(23,24)25)20(22)27-15-17(4)12-10-8-6-2;/h16-18H,5-15H2,1-4H3,(H,23,24,25);/q;+1/p-1. The number of unbranched alkanes of at least 4 members (excludes halogenated alkanes) is 4. The van der Waals surface area contributed by atoms with Gasteiger partial charge in [-0.25, -0.2) is 8.42 Å². The first kappa shape index (κ1) is 31.0. The zero-order valence-electron chi connectivity index (χ0n) is 18.8. The summed E-state index contributed by atoms with van der Waals surface area (Å²) < 4.78 is 44.3. The first-order chi connectivity index (χ1) is 13.1. The molecule has 0 heterocycles. The summed E-state index contributed by atoms with van der Waals surface area (Å²) in [5.41, 5.74) is 0. The van der Waals surface area contributed by atoms with Crippen molar-refractivity contribution in [1.29, 1.82) is 0 Å². The molecular formula is C20H37NaO7S. The van der Waals surface area contributed by atoms with Gasteiger partial charge in [-0.2, -0.15) is 0 Å². The number of esters is 2. The quantitative estimate of drug-likeness (QED) is 0.150. The number of rotatable bonds is 16. The minimum Gasteiger partial charge on any atom is -0.747 e. The molecule has 0 saturated heterocycles. The molecule has 0 N–H and O–H groups in total. The Balaban J connectivity index is 0. The predicted octanol–water partition coefficient (Wildman–Crippen LogP) is 0.814. The van der Waals surface area contributed by atoms with Gasteiger partial charge in [-0.05, 0) is 24.7 Å². The Kier molecular flexibility index (Phi) is 18.8. The van der Waals surface area contributed by atoms with Crippen molar-refractivity contribution >= 4 is 22.1 Å². The van der Waals surface area contributed by atoms with Crippen LogP contribution in [0.3, 0.4) is 0 Å². The Morgan fingerprint density at radius 1 is 0.862 bits per heavy atom. The van der Waals surface area contributed by atoms with Crippen LogP contribution in [0.4, 0.5) is 0 Å². The maximum atomic E-state index is 12.1. The second-order valence-electron chi connectivity index (χ2n) is 7.70. The Hall–Kier alpha value is -0.150. The van der Waals surface area contributed by atoms with Gasteiger partial charge in [0.25, 0.3) is 0 Å². The first-order valence-corrected chi connectivity index (χ1v) is 11.9. The third-order valence-corrected chi connectivity index (χ3v) is 5.66. The fourth-order valence-electron chi connectivity index (χ4n) is 2.72. The van der Waals surface area contributed by atoms with Crippen molar-refractivity contribution in [3.8, 4) is 0 Å². The summed E-state index contributed by atoms with van der Waals surface area (Å²) >= 11 is 0. The normalized spacial score (nSPS) is 14.4. The van der Waals surface area contributed by atoms with Crippen LogP contribution in [0.1, 0.15) is 85.5 Å². The van der Waals surface area contributed by atoms with Crippen molar-refractivity contribution in [3.63, 3.8) is 0 Å². The van der Waals surface area contributed by atoms with E-state index in [1.165, 1.54) is 0 Å². The largest absolute Gasteiger partial charge is 1.00 e. The Labute approximate surface area is 198 Å². The van der Waals surface area contributed by atoms with Gasteiger partial charge in [-0.15, -0.1) is 0 Å². The molecule has 3 atom stereocenters. The minimum absolute atomic E-state index is 0. The van der Waals surface area contributed by atoms with E-state index in [1.54, 1.807) is 0 Å². The molecule has 0 spiro atoms. The Bertz CT molecular complexity index is 551. The summed E-state index contributed by atoms with van der Waals surface area (Å²) in [5.74, 6) is -1.86. The number of carbonyl (C=O) groups excluding carboxylic acids is 2. The van der Waals surface area contributed by atoms with Gasteiger partial charge in [0, 0.05) is 0 Å². The summed E-state index contributed by atoms with van der Waals surface area (Å²) in [6.07, 6.45) is 7.26. The van der Waals surface area contributed by atoms with Crippen molar-refractivity contribution in [2.24, 2.45) is 11.8 Å². The van der Waals surface area contributed by atoms with Crippen molar-refractivity contribution in [3.05, 3.63) is 0 Å². The minimum atomic E-state index is -5.01. The fraction of sp³-hybridized carbons (Fsp3) is 0.900. The number of carbonyl (C=O) groups is 2. The van der Waals surface area contributed by atoms with Gasteiger partial charge in [0.2, 0.25) is 0 Å². The van der Waals surface area contributed by atoms with E-state index in [0.717, 1.165) is 51.4 Å². The van der Waals surface area contributed by atoms with Crippen LogP contribution in [0.25, 0.3) is 0 Å². The van der Waals surface area contributed by atoms with Crippen molar-refractivity contribution < 1.29 is 61.6 Å². The molecule has 166 valence electrons. The second-order valence-corrected chi connectivity index (χ2v) is 9.26. The van der Waals surface area contributed by atoms with Gasteiger partial charge in [0.15, 0.2) is 5.25 Å². The van der Waals surface area contributed by atoms with Gasteiger partial charge in [-0.3, -0.25) is 9.59 Å². The summed E-state index contributed by atoms with van der Waals surface area (Å²) in [6.45, 7) is 8.16. The maximum Gasteiger partial charge on any atom is 1.00 e. The van der Waals surface area contributed by atoms with Crippen LogP contribution in [0.15, 0.2) is 0 Å². The van der Waals surface area contributed by atoms with Gasteiger partial charge >= 0.3 is 41.5 Å². The molecule has 0 aliphatic heterocycles. The third kappa shape index (κ3) is 16.2. The van der Waals surface area contributed by atoms with Crippen molar-refractivity contribution in [1.82, 2.24) is 0 Å². The maximum absolute atomic E-state index is 12.1. The molecule has 3 unspecified atom stereocenters. The molecule has 0 fully saturated rings. The van der Waals surface area contributed by atoms with Crippen LogP contribution in [-0.2, 0) is 29.2 Å². The molecule has 0 aliphatic rings. The van der Waals surface area contributed by atoms with Gasteiger partial charge < -0.3 is 14.0 Å². The zero-order chi connectivity index (χ0) is 21.6. The van der Waals surface area contributed by atoms with E-state index in [9.17, 15) is 22.6 Å². The van der Waals surface area contributed by atoms with Crippen molar-refractivity contribution in [2.75, 3.05) is 13.2 Å². The van der Waals surface area contributed by atoms with Gasteiger partial charge in [-0.1, -0.05) is 66.2 Å². The summed E-state index contributed by atoms with van der Waals surface area (Å²) in [4.78, 5) is 24.0. The SMILES string of the molecule is CCCCCC(C)COC(=O)CC(C(=O)OCC(C)CCCCC)S(=O)(=O)[O-].[Na+]. The molecule has 0 bridgehead atoms. The predicted molar refractivity (Wildman–Crippen MR) is 107 cm³/mol. The van der Waals surface area contributed by atoms with Crippen LogP contribution in [0.2, 0.25) is 0 Å². The molecule has 0 amide bonds. The molecule has 0 aliphatic carbocycles. The van der Waals surface area contributed by atoms with E-state index < -0.39 is 33.7 Å². The Morgan fingerprint density at radius 3 is 1.72 bits per heavy atom. The van der Waals surface area contributed by atoms with Crippen LogP contribution in [0, 0.1) is 11.8 Å². The molecule has 0 radical (unpaired) electrons. The van der Waals surface area contributed by atoms with Gasteiger partial charge in [0.1, 0.15) is 10.1 Å². The number of hydrogen-bond donors (Lipinski definition) is 0. The van der Waals surface area contributed by atoms with E-state index in [1.807, 2.05) is 13.8 Å². The summed E-state index contributed by atoms with van der Waals surface area (Å²) in [5, 5.41) is -2.06. The topological polar surface area (TPSA) is 110 Å². The van der Waals surface area contributed by atoms with E-state index in [-0.39, 0.29) is 54.6 Å². The van der Waals surface area contributed by atoms with Gasteiger partial charge in [0.05, 0.1) is 19.6 Å². The first-order valence-electron chi connectivity index (χ1n) is 10.4. The van der Waals surface area contributed by atoms with E-state index >= 15 is 0 Å². The molecule has 0 saturated carbocycles. The molecule has 0 aromatic carbocycles. The zero-order valence-corrected chi connectivity index (χ0v) is 21.6. The summed E-state index contributed by atoms with van der Waals surface area (Å²) in [6, 6.07) is 0.